The van der Waals surface area contributed by atoms with E-state index in [1.165, 1.54) is 16.0 Å². The lowest BCUT2D eigenvalue weighted by Crippen LogP contribution is -2.45. The summed E-state index contributed by atoms with van der Waals surface area (Å²) < 4.78 is 0. The molecule has 4 heteroatoms. The molecule has 3 rings (SSSR count). The number of piperidine rings is 1. The summed E-state index contributed by atoms with van der Waals surface area (Å²) >= 11 is 1.68. The van der Waals surface area contributed by atoms with Crippen molar-refractivity contribution in [3.63, 3.8) is 0 Å². The maximum atomic E-state index is 13.4. The van der Waals surface area contributed by atoms with E-state index in [0.29, 0.717) is 6.04 Å². The van der Waals surface area contributed by atoms with E-state index in [2.05, 4.69) is 49.5 Å². The normalized spacial score (nSPS) is 16.5. The summed E-state index contributed by atoms with van der Waals surface area (Å²) in [4.78, 5) is 16.6. The van der Waals surface area contributed by atoms with Crippen molar-refractivity contribution in [3.05, 3.63) is 65.2 Å². The van der Waals surface area contributed by atoms with Crippen molar-refractivity contribution in [1.29, 1.82) is 0 Å². The molecule has 3 nitrogen and oxygen atoms in total. The summed E-state index contributed by atoms with van der Waals surface area (Å²) in [7, 11) is 2.00. The summed E-state index contributed by atoms with van der Waals surface area (Å²) in [5, 5.41) is 3.14. The molecule has 1 amide bonds. The molecule has 0 saturated carbocycles. The lowest BCUT2D eigenvalue weighted by atomic mass is 10.0. The van der Waals surface area contributed by atoms with E-state index in [9.17, 15) is 4.79 Å². The summed E-state index contributed by atoms with van der Waals surface area (Å²) in [6.45, 7) is 5.90. The predicted octanol–water partition coefficient (Wildman–Crippen LogP) is 4.35. The number of likely N-dealkylation sites (tertiary alicyclic amines) is 1. The van der Waals surface area contributed by atoms with E-state index in [1.807, 2.05) is 30.1 Å². The Bertz CT molecular complexity index is 739. The van der Waals surface area contributed by atoms with Gasteiger partial charge in [0, 0.05) is 24.0 Å². The first kappa shape index (κ1) is 19.0. The zero-order valence-electron chi connectivity index (χ0n) is 15.9. The average Bonchev–Trinajstić information content (AvgIpc) is 2.68. The van der Waals surface area contributed by atoms with Crippen LogP contribution < -0.4 is 5.32 Å². The fourth-order valence-electron chi connectivity index (χ4n) is 3.50. The number of rotatable bonds is 5. The van der Waals surface area contributed by atoms with Gasteiger partial charge in [-0.2, -0.15) is 0 Å². The van der Waals surface area contributed by atoms with Gasteiger partial charge in [0.25, 0.3) is 0 Å². The van der Waals surface area contributed by atoms with Crippen molar-refractivity contribution in [2.24, 2.45) is 0 Å². The summed E-state index contributed by atoms with van der Waals surface area (Å²) in [6, 6.07) is 17.2. The number of amides is 1. The Labute approximate surface area is 161 Å². The molecule has 0 radical (unpaired) electrons. The monoisotopic (exact) mass is 368 g/mol. The number of hydrogen-bond acceptors (Lipinski definition) is 3. The molecular formula is C22H28N2OS. The van der Waals surface area contributed by atoms with Crippen LogP contribution in [0.3, 0.4) is 0 Å². The van der Waals surface area contributed by atoms with Crippen molar-refractivity contribution in [2.75, 3.05) is 20.1 Å². The number of thioether (sulfide) groups is 1. The van der Waals surface area contributed by atoms with Gasteiger partial charge >= 0.3 is 0 Å². The predicted molar refractivity (Wildman–Crippen MR) is 110 cm³/mol. The van der Waals surface area contributed by atoms with E-state index >= 15 is 0 Å². The van der Waals surface area contributed by atoms with Crippen LogP contribution in [0.4, 0.5) is 0 Å². The van der Waals surface area contributed by atoms with Gasteiger partial charge in [-0.3, -0.25) is 4.79 Å². The summed E-state index contributed by atoms with van der Waals surface area (Å²) in [5.41, 5.74) is 3.57. The van der Waals surface area contributed by atoms with Crippen LogP contribution in [0.2, 0.25) is 0 Å². The van der Waals surface area contributed by atoms with E-state index in [-0.39, 0.29) is 11.2 Å². The second-order valence-electron chi connectivity index (χ2n) is 7.07. The molecule has 26 heavy (non-hydrogen) atoms. The fourth-order valence-corrected chi connectivity index (χ4v) is 4.69. The molecule has 0 bridgehead atoms. The highest BCUT2D eigenvalue weighted by Gasteiger charge is 2.30. The Kier molecular flexibility index (Phi) is 6.38. The highest BCUT2D eigenvalue weighted by atomic mass is 32.2. The van der Waals surface area contributed by atoms with Crippen LogP contribution in [0.5, 0.6) is 0 Å². The first-order chi connectivity index (χ1) is 12.6. The number of carbonyl (C=O) groups excluding carboxylic acids is 1. The summed E-state index contributed by atoms with van der Waals surface area (Å²) in [6.07, 6.45) is 2.05. The van der Waals surface area contributed by atoms with Crippen molar-refractivity contribution >= 4 is 17.7 Å². The van der Waals surface area contributed by atoms with Crippen molar-refractivity contribution in [3.8, 4) is 0 Å². The van der Waals surface area contributed by atoms with Crippen LogP contribution in [-0.4, -0.2) is 37.0 Å². The van der Waals surface area contributed by atoms with Crippen LogP contribution in [0.25, 0.3) is 0 Å². The molecule has 2 aromatic rings. The third kappa shape index (κ3) is 4.49. The van der Waals surface area contributed by atoms with Crippen LogP contribution in [0.1, 0.15) is 34.8 Å². The highest BCUT2D eigenvalue weighted by Crippen LogP contribution is 2.39. The quantitative estimate of drug-likeness (QED) is 0.797. The zero-order chi connectivity index (χ0) is 18.5. The molecule has 1 N–H and O–H groups in total. The Balaban J connectivity index is 1.83. The average molecular weight is 369 g/mol. The molecule has 138 valence electrons. The van der Waals surface area contributed by atoms with Gasteiger partial charge in [-0.1, -0.05) is 48.0 Å². The molecule has 1 aliphatic heterocycles. The van der Waals surface area contributed by atoms with Crippen LogP contribution in [-0.2, 0) is 4.79 Å². The van der Waals surface area contributed by atoms with E-state index in [4.69, 9.17) is 0 Å². The number of aryl methyl sites for hydroxylation is 2. The SMILES string of the molecule is CNC1CCN(C(=O)C(Sc2ccc(C)cc2C)c2ccccc2)CC1. The highest BCUT2D eigenvalue weighted by molar-refractivity contribution is 8.00. The minimum absolute atomic E-state index is 0.191. The second-order valence-corrected chi connectivity index (χ2v) is 8.21. The number of benzene rings is 2. The first-order valence-electron chi connectivity index (χ1n) is 9.33. The maximum absolute atomic E-state index is 13.4. The van der Waals surface area contributed by atoms with Gasteiger partial charge in [-0.05, 0) is 50.9 Å². The molecule has 0 aliphatic carbocycles. The van der Waals surface area contributed by atoms with E-state index < -0.39 is 0 Å². The Morgan fingerprint density at radius 3 is 2.42 bits per heavy atom. The van der Waals surface area contributed by atoms with Crippen LogP contribution >= 0.6 is 11.8 Å². The van der Waals surface area contributed by atoms with Gasteiger partial charge in [0.05, 0.1) is 0 Å². The molecule has 1 unspecified atom stereocenters. The molecule has 0 spiro atoms. The second kappa shape index (κ2) is 8.74. The number of nitrogens with one attached hydrogen (secondary N) is 1. The van der Waals surface area contributed by atoms with Gasteiger partial charge in [0.2, 0.25) is 5.91 Å². The Morgan fingerprint density at radius 1 is 1.12 bits per heavy atom. The lowest BCUT2D eigenvalue weighted by molar-refractivity contribution is -0.131. The van der Waals surface area contributed by atoms with Crippen molar-refractivity contribution < 1.29 is 4.79 Å². The van der Waals surface area contributed by atoms with Gasteiger partial charge in [0.15, 0.2) is 0 Å². The zero-order valence-corrected chi connectivity index (χ0v) is 16.7. The molecule has 0 aromatic heterocycles. The van der Waals surface area contributed by atoms with E-state index in [0.717, 1.165) is 31.5 Å². The maximum Gasteiger partial charge on any atom is 0.240 e. The minimum atomic E-state index is -0.191. The third-order valence-corrected chi connectivity index (χ3v) is 6.54. The van der Waals surface area contributed by atoms with Gasteiger partial charge in [-0.25, -0.2) is 0 Å². The standard InChI is InChI=1S/C22H28N2OS/c1-16-9-10-20(17(2)15-16)26-21(18-7-5-4-6-8-18)22(25)24-13-11-19(23-3)12-14-24/h4-10,15,19,21,23H,11-14H2,1-3H3. The lowest BCUT2D eigenvalue weighted by Gasteiger charge is -2.34. The first-order valence-corrected chi connectivity index (χ1v) is 10.2. The van der Waals surface area contributed by atoms with Gasteiger partial charge < -0.3 is 10.2 Å². The fraction of sp³-hybridized carbons (Fsp3) is 0.409. The topological polar surface area (TPSA) is 32.3 Å². The largest absolute Gasteiger partial charge is 0.341 e. The van der Waals surface area contributed by atoms with Crippen molar-refractivity contribution in [1.82, 2.24) is 10.2 Å². The molecule has 1 aliphatic rings. The number of carbonyl (C=O) groups is 1. The number of hydrogen-bond donors (Lipinski definition) is 1. The molecule has 1 heterocycles. The summed E-state index contributed by atoms with van der Waals surface area (Å²) in [5.74, 6) is 0.232. The molecular weight excluding hydrogens is 340 g/mol. The molecule has 1 fully saturated rings. The van der Waals surface area contributed by atoms with Crippen molar-refractivity contribution in [2.45, 2.75) is 42.9 Å². The van der Waals surface area contributed by atoms with Gasteiger partial charge in [0.1, 0.15) is 5.25 Å². The van der Waals surface area contributed by atoms with Gasteiger partial charge in [-0.15, -0.1) is 11.8 Å². The number of nitrogens with zero attached hydrogens (tertiary/aromatic N) is 1. The molecule has 1 atom stereocenters. The Morgan fingerprint density at radius 2 is 1.81 bits per heavy atom. The van der Waals surface area contributed by atoms with E-state index in [1.54, 1.807) is 11.8 Å². The molecule has 1 saturated heterocycles. The van der Waals surface area contributed by atoms with Crippen LogP contribution in [0.15, 0.2) is 53.4 Å². The van der Waals surface area contributed by atoms with Crippen LogP contribution in [0, 0.1) is 13.8 Å². The Hall–Kier alpha value is -1.78. The third-order valence-electron chi connectivity index (χ3n) is 5.12. The smallest absolute Gasteiger partial charge is 0.240 e. The molecule has 2 aromatic carbocycles. The minimum Gasteiger partial charge on any atom is -0.341 e.